The zero-order valence-electron chi connectivity index (χ0n) is 10.2. The first-order valence-corrected chi connectivity index (χ1v) is 6.02. The Balaban J connectivity index is 2.12. The van der Waals surface area contributed by atoms with Crippen LogP contribution < -0.4 is 10.6 Å². The molecular weight excluding hydrogens is 188 g/mol. The van der Waals surface area contributed by atoms with Gasteiger partial charge in [0, 0.05) is 11.5 Å². The van der Waals surface area contributed by atoms with Gasteiger partial charge in [-0.1, -0.05) is 40.0 Å². The second kappa shape index (κ2) is 5.50. The average molecular weight is 212 g/mol. The molecule has 0 heterocycles. The van der Waals surface area contributed by atoms with Crippen LogP contribution >= 0.6 is 0 Å². The van der Waals surface area contributed by atoms with Crippen LogP contribution in [0.5, 0.6) is 0 Å². The van der Waals surface area contributed by atoms with Gasteiger partial charge in [0.1, 0.15) is 0 Å². The predicted molar refractivity (Wildman–Crippen MR) is 62.5 cm³/mol. The first-order chi connectivity index (χ1) is 7.00. The third-order valence-corrected chi connectivity index (χ3v) is 2.93. The van der Waals surface area contributed by atoms with E-state index in [1.165, 1.54) is 32.1 Å². The van der Waals surface area contributed by atoms with E-state index in [0.29, 0.717) is 12.7 Å². The van der Waals surface area contributed by atoms with Crippen LogP contribution in [-0.2, 0) is 4.79 Å². The second-order valence-electron chi connectivity index (χ2n) is 5.47. The monoisotopic (exact) mass is 212 g/mol. The van der Waals surface area contributed by atoms with Crippen molar-refractivity contribution in [3.8, 4) is 0 Å². The summed E-state index contributed by atoms with van der Waals surface area (Å²) in [7, 11) is 0. The standard InChI is InChI=1S/C12H24N2O/c1-12(2,3)11(15)14-9-13-10-7-5-4-6-8-10/h10,13H,4-9H2,1-3H3,(H,14,15). The molecule has 0 aromatic rings. The third-order valence-electron chi connectivity index (χ3n) is 2.93. The molecule has 0 aliphatic heterocycles. The number of hydrogen-bond acceptors (Lipinski definition) is 2. The van der Waals surface area contributed by atoms with Crippen molar-refractivity contribution in [2.75, 3.05) is 6.67 Å². The molecule has 1 aliphatic carbocycles. The zero-order valence-corrected chi connectivity index (χ0v) is 10.2. The van der Waals surface area contributed by atoms with Crippen molar-refractivity contribution in [3.05, 3.63) is 0 Å². The molecule has 1 saturated carbocycles. The van der Waals surface area contributed by atoms with Crippen LogP contribution in [0.25, 0.3) is 0 Å². The molecule has 0 aromatic carbocycles. The molecule has 3 heteroatoms. The van der Waals surface area contributed by atoms with Gasteiger partial charge in [0.05, 0.1) is 6.67 Å². The van der Waals surface area contributed by atoms with Gasteiger partial charge in [-0.15, -0.1) is 0 Å². The largest absolute Gasteiger partial charge is 0.343 e. The number of carbonyl (C=O) groups is 1. The van der Waals surface area contributed by atoms with Crippen molar-refractivity contribution >= 4 is 5.91 Å². The number of nitrogens with one attached hydrogen (secondary N) is 2. The lowest BCUT2D eigenvalue weighted by atomic mass is 9.95. The van der Waals surface area contributed by atoms with Gasteiger partial charge in [-0.2, -0.15) is 0 Å². The minimum atomic E-state index is -0.283. The maximum atomic E-state index is 11.6. The molecule has 0 bridgehead atoms. The van der Waals surface area contributed by atoms with Crippen molar-refractivity contribution in [1.82, 2.24) is 10.6 Å². The lowest BCUT2D eigenvalue weighted by Crippen LogP contribution is -2.44. The van der Waals surface area contributed by atoms with E-state index in [1.807, 2.05) is 20.8 Å². The van der Waals surface area contributed by atoms with E-state index in [-0.39, 0.29) is 11.3 Å². The molecule has 0 atom stereocenters. The second-order valence-corrected chi connectivity index (χ2v) is 5.47. The van der Waals surface area contributed by atoms with E-state index in [1.54, 1.807) is 0 Å². The van der Waals surface area contributed by atoms with Crippen molar-refractivity contribution in [1.29, 1.82) is 0 Å². The SMILES string of the molecule is CC(C)(C)C(=O)NCNC1CCCCC1. The number of rotatable bonds is 3. The summed E-state index contributed by atoms with van der Waals surface area (Å²) >= 11 is 0. The fraction of sp³-hybridized carbons (Fsp3) is 0.917. The fourth-order valence-corrected chi connectivity index (χ4v) is 1.85. The molecular formula is C12H24N2O. The number of hydrogen-bond donors (Lipinski definition) is 2. The third kappa shape index (κ3) is 4.65. The van der Waals surface area contributed by atoms with Crippen LogP contribution in [0.4, 0.5) is 0 Å². The Morgan fingerprint density at radius 2 is 1.80 bits per heavy atom. The molecule has 2 N–H and O–H groups in total. The van der Waals surface area contributed by atoms with Gasteiger partial charge in [-0.25, -0.2) is 0 Å². The summed E-state index contributed by atoms with van der Waals surface area (Å²) in [5.74, 6) is 0.116. The molecule has 15 heavy (non-hydrogen) atoms. The van der Waals surface area contributed by atoms with Crippen LogP contribution in [0.15, 0.2) is 0 Å². The van der Waals surface area contributed by atoms with E-state index in [0.717, 1.165) is 0 Å². The molecule has 0 unspecified atom stereocenters. The molecule has 1 rings (SSSR count). The maximum absolute atomic E-state index is 11.6. The quantitative estimate of drug-likeness (QED) is 0.703. The van der Waals surface area contributed by atoms with E-state index < -0.39 is 0 Å². The molecule has 1 fully saturated rings. The highest BCUT2D eigenvalue weighted by molar-refractivity contribution is 5.81. The fourth-order valence-electron chi connectivity index (χ4n) is 1.85. The van der Waals surface area contributed by atoms with E-state index in [2.05, 4.69) is 10.6 Å². The molecule has 0 saturated heterocycles. The highest BCUT2D eigenvalue weighted by atomic mass is 16.2. The van der Waals surface area contributed by atoms with Crippen LogP contribution in [0.1, 0.15) is 52.9 Å². The summed E-state index contributed by atoms with van der Waals surface area (Å²) in [6.07, 6.45) is 6.53. The average Bonchev–Trinajstić information content (AvgIpc) is 2.18. The highest BCUT2D eigenvalue weighted by Crippen LogP contribution is 2.17. The van der Waals surface area contributed by atoms with Crippen molar-refractivity contribution in [2.24, 2.45) is 5.41 Å². The molecule has 0 radical (unpaired) electrons. The molecule has 0 aromatic heterocycles. The first kappa shape index (κ1) is 12.5. The summed E-state index contributed by atoms with van der Waals surface area (Å²) in [6, 6.07) is 0.610. The van der Waals surface area contributed by atoms with Gasteiger partial charge in [0.2, 0.25) is 5.91 Å². The molecule has 0 spiro atoms. The Morgan fingerprint density at radius 3 is 2.33 bits per heavy atom. The lowest BCUT2D eigenvalue weighted by Gasteiger charge is -2.24. The summed E-state index contributed by atoms with van der Waals surface area (Å²) in [4.78, 5) is 11.6. The Hall–Kier alpha value is -0.570. The minimum absolute atomic E-state index is 0.116. The van der Waals surface area contributed by atoms with Crippen molar-refractivity contribution < 1.29 is 4.79 Å². The van der Waals surface area contributed by atoms with Crippen LogP contribution in [0, 0.1) is 5.41 Å². The molecule has 88 valence electrons. The summed E-state index contributed by atoms with van der Waals surface area (Å²) in [5, 5.41) is 6.31. The van der Waals surface area contributed by atoms with Gasteiger partial charge < -0.3 is 5.32 Å². The number of amides is 1. The Morgan fingerprint density at radius 1 is 1.20 bits per heavy atom. The van der Waals surface area contributed by atoms with E-state index in [9.17, 15) is 4.79 Å². The van der Waals surface area contributed by atoms with Gasteiger partial charge in [0.25, 0.3) is 0 Å². The topological polar surface area (TPSA) is 41.1 Å². The van der Waals surface area contributed by atoms with Crippen molar-refractivity contribution in [3.63, 3.8) is 0 Å². The summed E-state index contributed by atoms with van der Waals surface area (Å²) < 4.78 is 0. The molecule has 1 aliphatic rings. The van der Waals surface area contributed by atoms with Crippen LogP contribution in [0.2, 0.25) is 0 Å². The van der Waals surface area contributed by atoms with Gasteiger partial charge >= 0.3 is 0 Å². The first-order valence-electron chi connectivity index (χ1n) is 6.02. The van der Waals surface area contributed by atoms with E-state index >= 15 is 0 Å². The van der Waals surface area contributed by atoms with Crippen molar-refractivity contribution in [2.45, 2.75) is 58.9 Å². The Kier molecular flexibility index (Phi) is 4.58. The Labute approximate surface area is 93.0 Å². The zero-order chi connectivity index (χ0) is 11.3. The summed E-state index contributed by atoms with van der Waals surface area (Å²) in [5.41, 5.74) is -0.283. The lowest BCUT2D eigenvalue weighted by molar-refractivity contribution is -0.128. The van der Waals surface area contributed by atoms with Gasteiger partial charge in [0.15, 0.2) is 0 Å². The number of carbonyl (C=O) groups excluding carboxylic acids is 1. The molecule has 1 amide bonds. The minimum Gasteiger partial charge on any atom is -0.343 e. The predicted octanol–water partition coefficient (Wildman–Crippen LogP) is 2.03. The van der Waals surface area contributed by atoms with Crippen LogP contribution in [0.3, 0.4) is 0 Å². The van der Waals surface area contributed by atoms with Gasteiger partial charge in [-0.05, 0) is 12.8 Å². The normalized spacial score (nSPS) is 18.9. The highest BCUT2D eigenvalue weighted by Gasteiger charge is 2.20. The Bertz CT molecular complexity index is 202. The van der Waals surface area contributed by atoms with E-state index in [4.69, 9.17) is 0 Å². The molecule has 3 nitrogen and oxygen atoms in total. The smallest absolute Gasteiger partial charge is 0.226 e. The maximum Gasteiger partial charge on any atom is 0.226 e. The van der Waals surface area contributed by atoms with Crippen LogP contribution in [-0.4, -0.2) is 18.6 Å². The van der Waals surface area contributed by atoms with Gasteiger partial charge in [-0.3, -0.25) is 10.1 Å². The summed E-state index contributed by atoms with van der Waals surface area (Å²) in [6.45, 7) is 6.41.